The van der Waals surface area contributed by atoms with E-state index in [2.05, 4.69) is 61.0 Å². The van der Waals surface area contributed by atoms with E-state index in [-0.39, 0.29) is 12.1 Å². The van der Waals surface area contributed by atoms with Gasteiger partial charge in [-0.1, -0.05) is 6.07 Å². The molecule has 2 fully saturated rings. The van der Waals surface area contributed by atoms with E-state index in [4.69, 9.17) is 17.0 Å². The number of ether oxygens (including phenoxy) is 1. The predicted molar refractivity (Wildman–Crippen MR) is 124 cm³/mol. The van der Waals surface area contributed by atoms with Gasteiger partial charge in [-0.2, -0.15) is 0 Å². The highest BCUT2D eigenvalue weighted by Crippen LogP contribution is 2.40. The molecule has 5 heterocycles. The third-order valence-electron chi connectivity index (χ3n) is 6.35. The van der Waals surface area contributed by atoms with Gasteiger partial charge in [-0.3, -0.25) is 14.6 Å². The normalized spacial score (nSPS) is 21.8. The van der Waals surface area contributed by atoms with E-state index in [0.29, 0.717) is 0 Å². The van der Waals surface area contributed by atoms with Gasteiger partial charge in [-0.25, -0.2) is 4.68 Å². The zero-order chi connectivity index (χ0) is 22.1. The molecule has 0 unspecified atom stereocenters. The molecule has 2 aliphatic rings. The molecule has 3 aromatic rings. The van der Waals surface area contributed by atoms with Crippen LogP contribution in [-0.4, -0.2) is 78.8 Å². The van der Waals surface area contributed by atoms with Crippen molar-refractivity contribution in [1.29, 1.82) is 0 Å². The molecule has 32 heavy (non-hydrogen) atoms. The molecule has 168 valence electrons. The third-order valence-corrected chi connectivity index (χ3v) is 6.70. The average molecular weight is 453 g/mol. The van der Waals surface area contributed by atoms with E-state index >= 15 is 0 Å². The van der Waals surface area contributed by atoms with Gasteiger partial charge >= 0.3 is 0 Å². The smallest absolute Gasteiger partial charge is 0.170 e. The van der Waals surface area contributed by atoms with Crippen LogP contribution in [0.3, 0.4) is 0 Å². The third kappa shape index (κ3) is 3.89. The molecule has 0 aromatic carbocycles. The van der Waals surface area contributed by atoms with Gasteiger partial charge in [0.25, 0.3) is 0 Å². The lowest BCUT2D eigenvalue weighted by molar-refractivity contribution is 0.0350. The second-order valence-corrected chi connectivity index (χ2v) is 8.64. The van der Waals surface area contributed by atoms with Crippen molar-refractivity contribution in [1.82, 2.24) is 39.7 Å². The maximum Gasteiger partial charge on any atom is 0.170 e. The molecule has 0 amide bonds. The first-order chi connectivity index (χ1) is 15.6. The van der Waals surface area contributed by atoms with Gasteiger partial charge in [0, 0.05) is 49.3 Å². The summed E-state index contributed by atoms with van der Waals surface area (Å²) in [5.74, 6) is 0. The Labute approximate surface area is 193 Å². The van der Waals surface area contributed by atoms with Crippen LogP contribution in [0.1, 0.15) is 34.7 Å². The maximum absolute atomic E-state index is 5.84. The molecule has 0 aliphatic carbocycles. The summed E-state index contributed by atoms with van der Waals surface area (Å²) in [6.07, 6.45) is 5.27. The number of hydrogen-bond acceptors (Lipinski definition) is 6. The van der Waals surface area contributed by atoms with Crippen LogP contribution < -0.4 is 5.32 Å². The SMILES string of the molecule is Cc1cc([C@@H]2[C@@H](c3ccccn3)NC(=S)N2CCN2CCOCC2)c(C)n1-n1cnnc1. The summed E-state index contributed by atoms with van der Waals surface area (Å²) < 4.78 is 9.54. The molecule has 3 aromatic heterocycles. The van der Waals surface area contributed by atoms with Crippen molar-refractivity contribution in [3.05, 3.63) is 65.8 Å². The molecule has 2 saturated heterocycles. The van der Waals surface area contributed by atoms with Gasteiger partial charge in [0.1, 0.15) is 12.7 Å². The Morgan fingerprint density at radius 2 is 1.91 bits per heavy atom. The highest BCUT2D eigenvalue weighted by atomic mass is 32.1. The lowest BCUT2D eigenvalue weighted by atomic mass is 9.97. The first kappa shape index (κ1) is 21.0. The summed E-state index contributed by atoms with van der Waals surface area (Å²) in [4.78, 5) is 9.42. The molecule has 0 saturated carbocycles. The maximum atomic E-state index is 5.84. The molecular weight excluding hydrogens is 424 g/mol. The van der Waals surface area contributed by atoms with Crippen molar-refractivity contribution in [3.8, 4) is 0 Å². The van der Waals surface area contributed by atoms with Gasteiger partial charge in [0.15, 0.2) is 5.11 Å². The second-order valence-electron chi connectivity index (χ2n) is 8.25. The van der Waals surface area contributed by atoms with Gasteiger partial charge in [-0.15, -0.1) is 10.2 Å². The van der Waals surface area contributed by atoms with E-state index in [9.17, 15) is 0 Å². The van der Waals surface area contributed by atoms with Crippen LogP contribution in [-0.2, 0) is 4.74 Å². The van der Waals surface area contributed by atoms with Crippen LogP contribution in [0.25, 0.3) is 0 Å². The molecule has 1 N–H and O–H groups in total. The molecule has 9 nitrogen and oxygen atoms in total. The van der Waals surface area contributed by atoms with Gasteiger partial charge in [0.2, 0.25) is 0 Å². The standard InChI is InChI=1S/C22H28N8OS/c1-16-13-18(17(2)30(16)28-14-24-25-15-28)21-20(19-5-3-4-6-23-19)26-22(32)29(21)8-7-27-9-11-31-12-10-27/h3-6,13-15,20-21H,7-12H2,1-2H3,(H,26,32)/t20-,21-/m1/s1. The van der Waals surface area contributed by atoms with Crippen molar-refractivity contribution in [3.63, 3.8) is 0 Å². The van der Waals surface area contributed by atoms with Crippen molar-refractivity contribution >= 4 is 17.3 Å². The molecular formula is C22H28N8OS. The summed E-state index contributed by atoms with van der Waals surface area (Å²) in [6.45, 7) is 9.54. The topological polar surface area (TPSA) is 76.3 Å². The minimum absolute atomic E-state index is 0.0248. The Kier molecular flexibility index (Phi) is 5.90. The first-order valence-electron chi connectivity index (χ1n) is 11.0. The molecule has 2 aliphatic heterocycles. The van der Waals surface area contributed by atoms with E-state index < -0.39 is 0 Å². The number of pyridine rings is 1. The molecule has 2 atom stereocenters. The summed E-state index contributed by atoms with van der Waals surface area (Å²) >= 11 is 5.84. The number of nitrogens with zero attached hydrogens (tertiary/aromatic N) is 7. The average Bonchev–Trinajstić information content (AvgIpc) is 3.52. The first-order valence-corrected chi connectivity index (χ1v) is 11.4. The summed E-state index contributed by atoms with van der Waals surface area (Å²) in [7, 11) is 0. The second kappa shape index (κ2) is 8.97. The number of aromatic nitrogens is 5. The Bertz CT molecular complexity index is 1060. The minimum Gasteiger partial charge on any atom is -0.379 e. The fraction of sp³-hybridized carbons (Fsp3) is 0.455. The lowest BCUT2D eigenvalue weighted by Crippen LogP contribution is -2.42. The Balaban J connectivity index is 1.51. The van der Waals surface area contributed by atoms with Crippen molar-refractivity contribution in [2.24, 2.45) is 0 Å². The van der Waals surface area contributed by atoms with Gasteiger partial charge < -0.3 is 15.0 Å². The van der Waals surface area contributed by atoms with Crippen molar-refractivity contribution < 1.29 is 4.74 Å². The monoisotopic (exact) mass is 452 g/mol. The fourth-order valence-corrected chi connectivity index (χ4v) is 5.12. The zero-order valence-corrected chi connectivity index (χ0v) is 19.2. The van der Waals surface area contributed by atoms with E-state index in [1.54, 1.807) is 12.7 Å². The summed E-state index contributed by atoms with van der Waals surface area (Å²) in [5, 5.41) is 12.3. The fourth-order valence-electron chi connectivity index (χ4n) is 4.79. The number of thiocarbonyl (C=S) groups is 1. The van der Waals surface area contributed by atoms with E-state index in [1.807, 2.05) is 23.0 Å². The van der Waals surface area contributed by atoms with Crippen LogP contribution >= 0.6 is 12.2 Å². The number of aryl methyl sites for hydroxylation is 1. The summed E-state index contributed by atoms with van der Waals surface area (Å²) in [6, 6.07) is 8.30. The van der Waals surface area contributed by atoms with Crippen LogP contribution in [0.5, 0.6) is 0 Å². The number of morpholine rings is 1. The van der Waals surface area contributed by atoms with Crippen LogP contribution in [0.2, 0.25) is 0 Å². The number of rotatable bonds is 6. The van der Waals surface area contributed by atoms with Crippen LogP contribution in [0.15, 0.2) is 43.1 Å². The molecule has 0 bridgehead atoms. The Morgan fingerprint density at radius 3 is 2.62 bits per heavy atom. The van der Waals surface area contributed by atoms with Crippen LogP contribution in [0, 0.1) is 13.8 Å². The summed E-state index contributed by atoms with van der Waals surface area (Å²) in [5.41, 5.74) is 4.46. The minimum atomic E-state index is -0.0248. The number of hydrogen-bond donors (Lipinski definition) is 1. The van der Waals surface area contributed by atoms with Gasteiger partial charge in [-0.05, 0) is 44.3 Å². The molecule has 0 spiro atoms. The van der Waals surface area contributed by atoms with E-state index in [1.165, 1.54) is 5.56 Å². The molecule has 0 radical (unpaired) electrons. The highest BCUT2D eigenvalue weighted by Gasteiger charge is 2.41. The number of nitrogens with one attached hydrogen (secondary N) is 1. The van der Waals surface area contributed by atoms with E-state index in [0.717, 1.165) is 61.6 Å². The van der Waals surface area contributed by atoms with Crippen LogP contribution in [0.4, 0.5) is 0 Å². The Hall–Kier alpha value is -2.82. The lowest BCUT2D eigenvalue weighted by Gasteiger charge is -2.32. The van der Waals surface area contributed by atoms with Gasteiger partial charge in [0.05, 0.1) is 31.0 Å². The molecule has 5 rings (SSSR count). The predicted octanol–water partition coefficient (Wildman–Crippen LogP) is 1.71. The highest BCUT2D eigenvalue weighted by molar-refractivity contribution is 7.80. The van der Waals surface area contributed by atoms with Crippen molar-refractivity contribution in [2.45, 2.75) is 25.9 Å². The largest absolute Gasteiger partial charge is 0.379 e. The molecule has 10 heteroatoms. The zero-order valence-electron chi connectivity index (χ0n) is 18.4. The van der Waals surface area contributed by atoms with Crippen molar-refractivity contribution in [2.75, 3.05) is 39.4 Å². The quantitative estimate of drug-likeness (QED) is 0.567. The Morgan fingerprint density at radius 1 is 1.12 bits per heavy atom.